The van der Waals surface area contributed by atoms with Gasteiger partial charge in [0, 0.05) is 0 Å². The molecule has 0 aliphatic heterocycles. The number of benzene rings is 2. The average Bonchev–Trinajstić information content (AvgIpc) is 2.47. The van der Waals surface area contributed by atoms with Crippen LogP contribution in [0, 0.1) is 5.82 Å². The van der Waals surface area contributed by atoms with Crippen molar-refractivity contribution >= 4 is 15.9 Å². The van der Waals surface area contributed by atoms with Gasteiger partial charge >= 0.3 is 0 Å². The van der Waals surface area contributed by atoms with Crippen LogP contribution in [0.1, 0.15) is 11.1 Å². The maximum absolute atomic E-state index is 13.6. The Morgan fingerprint density at radius 2 is 1.81 bits per heavy atom. The van der Waals surface area contributed by atoms with Gasteiger partial charge in [0.15, 0.2) is 11.6 Å². The molecule has 5 heteroatoms. The van der Waals surface area contributed by atoms with Crippen LogP contribution in [0.2, 0.25) is 0 Å². The number of rotatable bonds is 6. The fourth-order valence-electron chi connectivity index (χ4n) is 1.94. The van der Waals surface area contributed by atoms with Gasteiger partial charge in [-0.2, -0.15) is 0 Å². The largest absolute Gasteiger partial charge is 0.494 e. The molecule has 0 radical (unpaired) electrons. The van der Waals surface area contributed by atoms with Gasteiger partial charge in [0.2, 0.25) is 0 Å². The van der Waals surface area contributed by atoms with E-state index in [4.69, 9.17) is 15.2 Å². The maximum Gasteiger partial charge on any atom is 0.165 e. The van der Waals surface area contributed by atoms with Crippen LogP contribution in [-0.4, -0.2) is 13.7 Å². The summed E-state index contributed by atoms with van der Waals surface area (Å²) in [5.74, 6) is 0.550. The maximum atomic E-state index is 13.6. The molecule has 2 aromatic carbocycles. The van der Waals surface area contributed by atoms with E-state index in [2.05, 4.69) is 15.9 Å². The van der Waals surface area contributed by atoms with Crippen LogP contribution in [0.25, 0.3) is 0 Å². The Balaban J connectivity index is 2.04. The van der Waals surface area contributed by atoms with Crippen LogP contribution in [0.4, 0.5) is 4.39 Å². The molecule has 0 bridgehead atoms. The van der Waals surface area contributed by atoms with Gasteiger partial charge in [0.1, 0.15) is 12.4 Å². The first kappa shape index (κ1) is 15.8. The van der Waals surface area contributed by atoms with Gasteiger partial charge in [-0.05, 0) is 64.3 Å². The zero-order valence-electron chi connectivity index (χ0n) is 11.7. The van der Waals surface area contributed by atoms with E-state index in [0.717, 1.165) is 22.0 Å². The van der Waals surface area contributed by atoms with Crippen LogP contribution in [-0.2, 0) is 13.0 Å². The Morgan fingerprint density at radius 3 is 2.43 bits per heavy atom. The third-order valence-corrected chi connectivity index (χ3v) is 3.66. The van der Waals surface area contributed by atoms with Crippen LogP contribution in [0.15, 0.2) is 40.9 Å². The zero-order chi connectivity index (χ0) is 15.2. The lowest BCUT2D eigenvalue weighted by Gasteiger charge is -2.10. The summed E-state index contributed by atoms with van der Waals surface area (Å²) in [5.41, 5.74) is 7.42. The summed E-state index contributed by atoms with van der Waals surface area (Å²) in [6.07, 6.45) is 0.822. The lowest BCUT2D eigenvalue weighted by Crippen LogP contribution is -2.03. The SMILES string of the molecule is COc1ccc(COc2ccc(CCN)cc2Br)cc1F. The lowest BCUT2D eigenvalue weighted by molar-refractivity contribution is 0.302. The predicted octanol–water partition coefficient (Wildman–Crippen LogP) is 3.68. The predicted molar refractivity (Wildman–Crippen MR) is 84.2 cm³/mol. The number of hydrogen-bond acceptors (Lipinski definition) is 3. The smallest absolute Gasteiger partial charge is 0.165 e. The van der Waals surface area contributed by atoms with Gasteiger partial charge in [-0.25, -0.2) is 4.39 Å². The van der Waals surface area contributed by atoms with E-state index >= 15 is 0 Å². The van der Waals surface area contributed by atoms with Crippen molar-refractivity contribution in [2.24, 2.45) is 5.73 Å². The lowest BCUT2D eigenvalue weighted by atomic mass is 10.1. The Morgan fingerprint density at radius 1 is 1.10 bits per heavy atom. The fraction of sp³-hybridized carbons (Fsp3) is 0.250. The van der Waals surface area contributed by atoms with Crippen molar-refractivity contribution in [2.45, 2.75) is 13.0 Å². The third-order valence-electron chi connectivity index (χ3n) is 3.04. The molecule has 0 heterocycles. The van der Waals surface area contributed by atoms with Gasteiger partial charge in [-0.1, -0.05) is 12.1 Å². The van der Waals surface area contributed by atoms with E-state index in [9.17, 15) is 4.39 Å². The molecule has 0 aromatic heterocycles. The number of methoxy groups -OCH3 is 1. The summed E-state index contributed by atoms with van der Waals surface area (Å²) < 4.78 is 25.0. The highest BCUT2D eigenvalue weighted by molar-refractivity contribution is 9.10. The second-order valence-electron chi connectivity index (χ2n) is 4.56. The van der Waals surface area contributed by atoms with Gasteiger partial charge in [-0.3, -0.25) is 0 Å². The number of hydrogen-bond donors (Lipinski definition) is 1. The summed E-state index contributed by atoms with van der Waals surface area (Å²) in [4.78, 5) is 0. The molecule has 2 N–H and O–H groups in total. The molecule has 0 unspecified atom stereocenters. The molecule has 0 aliphatic carbocycles. The van der Waals surface area contributed by atoms with Gasteiger partial charge < -0.3 is 15.2 Å². The molecule has 0 amide bonds. The zero-order valence-corrected chi connectivity index (χ0v) is 13.3. The van der Waals surface area contributed by atoms with Gasteiger partial charge in [0.25, 0.3) is 0 Å². The number of ether oxygens (including phenoxy) is 2. The summed E-state index contributed by atoms with van der Waals surface area (Å²) in [6, 6.07) is 10.6. The molecule has 2 aromatic rings. The van der Waals surface area contributed by atoms with E-state index in [-0.39, 0.29) is 12.4 Å². The van der Waals surface area contributed by atoms with Gasteiger partial charge in [0.05, 0.1) is 11.6 Å². The Hall–Kier alpha value is -1.59. The summed E-state index contributed by atoms with van der Waals surface area (Å²) in [7, 11) is 1.44. The molecule has 0 atom stereocenters. The third kappa shape index (κ3) is 4.19. The first-order valence-corrected chi connectivity index (χ1v) is 7.37. The van der Waals surface area contributed by atoms with Crippen molar-refractivity contribution in [3.63, 3.8) is 0 Å². The number of nitrogens with two attached hydrogens (primary N) is 1. The monoisotopic (exact) mass is 353 g/mol. The van der Waals surface area contributed by atoms with E-state index in [1.165, 1.54) is 13.2 Å². The molecule has 0 saturated carbocycles. The van der Waals surface area contributed by atoms with Crippen molar-refractivity contribution in [3.8, 4) is 11.5 Å². The first-order valence-electron chi connectivity index (χ1n) is 6.57. The molecular weight excluding hydrogens is 337 g/mol. The number of halogens is 2. The normalized spacial score (nSPS) is 10.5. The van der Waals surface area contributed by atoms with E-state index in [1.54, 1.807) is 12.1 Å². The molecule has 2 rings (SSSR count). The summed E-state index contributed by atoms with van der Waals surface area (Å²) in [6.45, 7) is 0.896. The van der Waals surface area contributed by atoms with Crippen molar-refractivity contribution in [1.82, 2.24) is 0 Å². The molecular formula is C16H17BrFNO2. The minimum Gasteiger partial charge on any atom is -0.494 e. The van der Waals surface area contributed by atoms with E-state index < -0.39 is 5.82 Å². The van der Waals surface area contributed by atoms with E-state index in [0.29, 0.717) is 12.3 Å². The Kier molecular flexibility index (Phi) is 5.59. The molecule has 3 nitrogen and oxygen atoms in total. The second kappa shape index (κ2) is 7.43. The van der Waals surface area contributed by atoms with Crippen LogP contribution >= 0.6 is 15.9 Å². The van der Waals surface area contributed by atoms with Crippen molar-refractivity contribution in [1.29, 1.82) is 0 Å². The van der Waals surface area contributed by atoms with Gasteiger partial charge in [-0.15, -0.1) is 0 Å². The highest BCUT2D eigenvalue weighted by atomic mass is 79.9. The summed E-state index contributed by atoms with van der Waals surface area (Å²) >= 11 is 3.47. The summed E-state index contributed by atoms with van der Waals surface area (Å²) in [5, 5.41) is 0. The molecule has 0 spiro atoms. The van der Waals surface area contributed by atoms with Crippen molar-refractivity contribution in [2.75, 3.05) is 13.7 Å². The topological polar surface area (TPSA) is 44.5 Å². The fourth-order valence-corrected chi connectivity index (χ4v) is 2.48. The second-order valence-corrected chi connectivity index (χ2v) is 5.42. The van der Waals surface area contributed by atoms with Crippen molar-refractivity contribution in [3.05, 3.63) is 57.8 Å². The van der Waals surface area contributed by atoms with Crippen LogP contribution in [0.3, 0.4) is 0 Å². The molecule has 0 fully saturated rings. The Bertz CT molecular complexity index is 619. The average molecular weight is 354 g/mol. The Labute approximate surface area is 132 Å². The highest BCUT2D eigenvalue weighted by Crippen LogP contribution is 2.27. The minimum absolute atomic E-state index is 0.228. The molecule has 112 valence electrons. The molecule has 21 heavy (non-hydrogen) atoms. The minimum atomic E-state index is -0.393. The first-order chi connectivity index (χ1) is 10.1. The van der Waals surface area contributed by atoms with Crippen LogP contribution < -0.4 is 15.2 Å². The van der Waals surface area contributed by atoms with Crippen LogP contribution in [0.5, 0.6) is 11.5 Å². The van der Waals surface area contributed by atoms with E-state index in [1.807, 2.05) is 18.2 Å². The molecule has 0 aliphatic rings. The highest BCUT2D eigenvalue weighted by Gasteiger charge is 2.06. The molecule has 0 saturated heterocycles. The standard InChI is InChI=1S/C16H17BrFNO2/c1-20-16-5-3-12(9-14(16)18)10-21-15-4-2-11(6-7-19)8-13(15)17/h2-5,8-9H,6-7,10,19H2,1H3. The quantitative estimate of drug-likeness (QED) is 0.861. The van der Waals surface area contributed by atoms with Crippen molar-refractivity contribution < 1.29 is 13.9 Å².